The van der Waals surface area contributed by atoms with Gasteiger partial charge in [0.1, 0.15) is 23.1 Å². The van der Waals surface area contributed by atoms with Gasteiger partial charge in [-0.15, -0.1) is 0 Å². The summed E-state index contributed by atoms with van der Waals surface area (Å²) in [7, 11) is -3.89. The van der Waals surface area contributed by atoms with Crippen LogP contribution in [0.3, 0.4) is 0 Å². The van der Waals surface area contributed by atoms with Crippen molar-refractivity contribution in [1.82, 2.24) is 19.4 Å². The topological polar surface area (TPSA) is 126 Å². The highest BCUT2D eigenvalue weighted by molar-refractivity contribution is 7.90. The lowest BCUT2D eigenvalue weighted by atomic mass is 10.1. The van der Waals surface area contributed by atoms with E-state index in [1.165, 1.54) is 24.3 Å². The number of phenolic OH excluding ortho intramolecular Hbond substituents is 1. The minimum absolute atomic E-state index is 0.00261. The van der Waals surface area contributed by atoms with E-state index < -0.39 is 44.2 Å². The first kappa shape index (κ1) is 30.8. The fourth-order valence-corrected chi connectivity index (χ4v) is 6.60. The summed E-state index contributed by atoms with van der Waals surface area (Å²) < 4.78 is 57.8. The van der Waals surface area contributed by atoms with Crippen LogP contribution in [0.2, 0.25) is 0 Å². The number of halogens is 2. The molecule has 0 saturated carbocycles. The van der Waals surface area contributed by atoms with Crippen LogP contribution in [0.4, 0.5) is 14.6 Å². The molecular weight excluding hydrogens is 592 g/mol. The molecule has 2 atom stereocenters. The standard InChI is InChI=1S/C31H31F2N5O5S/c1-6-19-10-8-13-24(44(5,42)43)28(19)38-30-20(14-22(33)27(34-30)26-21(32)11-9-12-23(26)39)29(35-31(38)41)37-16-17(3)36(15-18(37)4)25(40)7-2/h7-14,17-18,39H,2,6,15-16H2,1,3-5H3/t17-,18+/m1/s1. The van der Waals surface area contributed by atoms with Crippen molar-refractivity contribution < 1.29 is 27.1 Å². The number of rotatable bonds is 6. The maximum atomic E-state index is 15.9. The number of phenols is 1. The molecule has 10 nitrogen and oxygen atoms in total. The summed E-state index contributed by atoms with van der Waals surface area (Å²) in [5, 5.41) is 10.5. The smallest absolute Gasteiger partial charge is 0.355 e. The number of hydrogen-bond acceptors (Lipinski definition) is 8. The Bertz CT molecular complexity index is 1980. The fraction of sp³-hybridized carbons (Fsp3) is 0.290. The largest absolute Gasteiger partial charge is 0.507 e. The van der Waals surface area contributed by atoms with Crippen molar-refractivity contribution in [3.63, 3.8) is 0 Å². The van der Waals surface area contributed by atoms with Gasteiger partial charge in [0.05, 0.1) is 21.5 Å². The molecule has 44 heavy (non-hydrogen) atoms. The molecule has 3 heterocycles. The number of sulfone groups is 1. The Morgan fingerprint density at radius 1 is 1.09 bits per heavy atom. The molecule has 4 aromatic rings. The van der Waals surface area contributed by atoms with E-state index in [1.807, 2.05) is 13.8 Å². The number of para-hydroxylation sites is 1. The minimum atomic E-state index is -3.89. The van der Waals surface area contributed by atoms with Crippen LogP contribution in [0.15, 0.2) is 64.8 Å². The Balaban J connectivity index is 1.89. The van der Waals surface area contributed by atoms with Crippen LogP contribution in [0, 0.1) is 11.6 Å². The Labute approximate surface area is 252 Å². The van der Waals surface area contributed by atoms with Crippen LogP contribution in [0.5, 0.6) is 5.75 Å². The number of pyridine rings is 1. The normalized spacial score (nSPS) is 17.2. The number of benzene rings is 2. The van der Waals surface area contributed by atoms with E-state index in [2.05, 4.69) is 16.5 Å². The summed E-state index contributed by atoms with van der Waals surface area (Å²) in [6.45, 7) is 9.46. The molecule has 1 amide bonds. The lowest BCUT2D eigenvalue weighted by Gasteiger charge is -2.44. The molecule has 0 unspecified atom stereocenters. The number of nitrogens with zero attached hydrogens (tertiary/aromatic N) is 5. The van der Waals surface area contributed by atoms with Crippen LogP contribution in [-0.2, 0) is 21.1 Å². The molecule has 0 bridgehead atoms. The van der Waals surface area contributed by atoms with Gasteiger partial charge in [0.25, 0.3) is 0 Å². The minimum Gasteiger partial charge on any atom is -0.507 e. The zero-order chi connectivity index (χ0) is 32.1. The number of aryl methyl sites for hydroxylation is 1. The van der Waals surface area contributed by atoms with Gasteiger partial charge in [-0.2, -0.15) is 4.98 Å². The number of carbonyl (C=O) groups is 1. The third-order valence-corrected chi connectivity index (χ3v) is 8.96. The molecule has 1 N–H and O–H groups in total. The molecule has 1 fully saturated rings. The van der Waals surface area contributed by atoms with Gasteiger partial charge in [-0.1, -0.05) is 31.7 Å². The van der Waals surface area contributed by atoms with Crippen molar-refractivity contribution in [1.29, 1.82) is 0 Å². The van der Waals surface area contributed by atoms with E-state index in [0.29, 0.717) is 12.0 Å². The van der Waals surface area contributed by atoms with Crippen molar-refractivity contribution in [2.45, 2.75) is 44.2 Å². The number of fused-ring (bicyclic) bond motifs is 1. The number of aromatic nitrogens is 3. The number of amides is 1. The molecule has 1 aliphatic heterocycles. The molecule has 230 valence electrons. The number of hydrogen-bond donors (Lipinski definition) is 1. The SMILES string of the molecule is C=CC(=O)N1C[C@H](C)N(c2nc(=O)n(-c3c(CC)cccc3S(C)(=O)=O)c3nc(-c4c(O)cccc4F)c(F)cc23)C[C@H]1C. The predicted octanol–water partition coefficient (Wildman–Crippen LogP) is 4.01. The lowest BCUT2D eigenvalue weighted by Crippen LogP contribution is -2.58. The summed E-state index contributed by atoms with van der Waals surface area (Å²) in [5.74, 6) is -2.72. The van der Waals surface area contributed by atoms with Gasteiger partial charge < -0.3 is 14.9 Å². The van der Waals surface area contributed by atoms with Crippen molar-refractivity contribution in [3.05, 3.63) is 82.8 Å². The van der Waals surface area contributed by atoms with Gasteiger partial charge in [-0.25, -0.2) is 31.5 Å². The quantitative estimate of drug-likeness (QED) is 0.320. The summed E-state index contributed by atoms with van der Waals surface area (Å²) in [6, 6.07) is 8.36. The maximum Gasteiger partial charge on any atom is 0.355 e. The number of aromatic hydroxyl groups is 1. The van der Waals surface area contributed by atoms with Crippen LogP contribution >= 0.6 is 0 Å². The summed E-state index contributed by atoms with van der Waals surface area (Å²) >= 11 is 0. The van der Waals surface area contributed by atoms with Gasteiger partial charge in [0.15, 0.2) is 21.3 Å². The van der Waals surface area contributed by atoms with Crippen molar-refractivity contribution in [2.75, 3.05) is 24.2 Å². The second-order valence-electron chi connectivity index (χ2n) is 10.8. The first-order chi connectivity index (χ1) is 20.8. The molecule has 13 heteroatoms. The van der Waals surface area contributed by atoms with Crippen molar-refractivity contribution >= 4 is 32.6 Å². The second-order valence-corrected chi connectivity index (χ2v) is 12.8. The van der Waals surface area contributed by atoms with Gasteiger partial charge in [0, 0.05) is 31.4 Å². The second kappa shape index (κ2) is 11.5. The van der Waals surface area contributed by atoms with Crippen molar-refractivity contribution in [2.24, 2.45) is 0 Å². The Morgan fingerprint density at radius 2 is 1.80 bits per heavy atom. The van der Waals surface area contributed by atoms with Crippen molar-refractivity contribution in [3.8, 4) is 22.7 Å². The average Bonchev–Trinajstić information content (AvgIpc) is 2.97. The summed E-state index contributed by atoms with van der Waals surface area (Å²) in [5.41, 5.74) is -1.70. The molecule has 0 radical (unpaired) electrons. The van der Waals surface area contributed by atoms with Crippen LogP contribution in [-0.4, -0.2) is 70.3 Å². The highest BCUT2D eigenvalue weighted by atomic mass is 32.2. The van der Waals surface area contributed by atoms with E-state index >= 15 is 4.39 Å². The highest BCUT2D eigenvalue weighted by Crippen LogP contribution is 2.37. The van der Waals surface area contributed by atoms with Gasteiger partial charge in [-0.3, -0.25) is 4.79 Å². The number of piperazine rings is 1. The van der Waals surface area contributed by atoms with Crippen LogP contribution in [0.1, 0.15) is 26.3 Å². The molecule has 1 aliphatic rings. The van der Waals surface area contributed by atoms with E-state index in [-0.39, 0.29) is 58.5 Å². The molecule has 0 aliphatic carbocycles. The fourth-order valence-electron chi connectivity index (χ4n) is 5.70. The third-order valence-electron chi connectivity index (χ3n) is 7.83. The molecular formula is C31H31F2N5O5S. The average molecular weight is 624 g/mol. The van der Waals surface area contributed by atoms with E-state index in [4.69, 9.17) is 0 Å². The van der Waals surface area contributed by atoms with Crippen LogP contribution < -0.4 is 10.6 Å². The van der Waals surface area contributed by atoms with Crippen LogP contribution in [0.25, 0.3) is 28.0 Å². The Kier molecular flexibility index (Phi) is 8.02. The molecule has 2 aromatic carbocycles. The van der Waals surface area contributed by atoms with Gasteiger partial charge in [-0.05, 0) is 56.2 Å². The molecule has 1 saturated heterocycles. The van der Waals surface area contributed by atoms with E-state index in [1.54, 1.807) is 28.9 Å². The first-order valence-electron chi connectivity index (χ1n) is 13.9. The van der Waals surface area contributed by atoms with E-state index in [0.717, 1.165) is 23.0 Å². The number of anilines is 1. The predicted molar refractivity (Wildman–Crippen MR) is 163 cm³/mol. The maximum absolute atomic E-state index is 15.9. The summed E-state index contributed by atoms with van der Waals surface area (Å²) in [6.07, 6.45) is 2.55. The first-order valence-corrected chi connectivity index (χ1v) is 15.8. The number of carbonyl (C=O) groups excluding carboxylic acids is 1. The molecule has 2 aromatic heterocycles. The lowest BCUT2D eigenvalue weighted by molar-refractivity contribution is -0.128. The Hall–Kier alpha value is -4.65. The Morgan fingerprint density at radius 3 is 2.43 bits per heavy atom. The van der Waals surface area contributed by atoms with Gasteiger partial charge >= 0.3 is 5.69 Å². The molecule has 0 spiro atoms. The molecule has 5 rings (SSSR count). The zero-order valence-corrected chi connectivity index (χ0v) is 25.4. The third kappa shape index (κ3) is 5.21. The highest BCUT2D eigenvalue weighted by Gasteiger charge is 2.34. The summed E-state index contributed by atoms with van der Waals surface area (Å²) in [4.78, 5) is 38.4. The zero-order valence-electron chi connectivity index (χ0n) is 24.6. The monoisotopic (exact) mass is 623 g/mol. The van der Waals surface area contributed by atoms with E-state index in [9.17, 15) is 27.5 Å². The van der Waals surface area contributed by atoms with Gasteiger partial charge in [0.2, 0.25) is 5.91 Å².